The summed E-state index contributed by atoms with van der Waals surface area (Å²) in [5, 5.41) is 1.90. The SMILES string of the molecule is O=C(CSc1ccc(F)c(F)c1)N(Cc1cccs1)C1CCS(=O)(=O)C1. The number of halogens is 2. The fraction of sp³-hybridized carbons (Fsp3) is 0.353. The van der Waals surface area contributed by atoms with Crippen molar-refractivity contribution >= 4 is 38.8 Å². The molecule has 2 aromatic rings. The summed E-state index contributed by atoms with van der Waals surface area (Å²) in [5.74, 6) is -2.01. The summed E-state index contributed by atoms with van der Waals surface area (Å²) in [7, 11) is -3.12. The highest BCUT2D eigenvalue weighted by molar-refractivity contribution is 8.00. The van der Waals surface area contributed by atoms with Gasteiger partial charge < -0.3 is 4.90 Å². The molecule has 4 nitrogen and oxygen atoms in total. The first kappa shape index (κ1) is 19.3. The molecule has 1 aromatic carbocycles. The maximum Gasteiger partial charge on any atom is 0.233 e. The molecule has 1 aliphatic rings. The number of rotatable bonds is 6. The Hall–Kier alpha value is -1.45. The second kappa shape index (κ2) is 8.06. The van der Waals surface area contributed by atoms with Gasteiger partial charge in [0.05, 0.1) is 23.8 Å². The van der Waals surface area contributed by atoms with Gasteiger partial charge in [-0.25, -0.2) is 17.2 Å². The van der Waals surface area contributed by atoms with Crippen LogP contribution in [0.3, 0.4) is 0 Å². The van der Waals surface area contributed by atoms with Crippen LogP contribution >= 0.6 is 23.1 Å². The minimum Gasteiger partial charge on any atom is -0.333 e. The molecule has 26 heavy (non-hydrogen) atoms. The quantitative estimate of drug-likeness (QED) is 0.677. The van der Waals surface area contributed by atoms with E-state index in [0.29, 0.717) is 17.9 Å². The third-order valence-corrected chi connectivity index (χ3v) is 7.72. The highest BCUT2D eigenvalue weighted by atomic mass is 32.2. The van der Waals surface area contributed by atoms with E-state index in [2.05, 4.69) is 0 Å². The van der Waals surface area contributed by atoms with Crippen molar-refractivity contribution in [3.63, 3.8) is 0 Å². The third kappa shape index (κ3) is 4.83. The van der Waals surface area contributed by atoms with Crippen LogP contribution in [0.1, 0.15) is 11.3 Å². The standard InChI is InChI=1S/C17H17F2NO3S3/c18-15-4-3-13(8-16(15)19)25-10-17(21)20(9-14-2-1-6-24-14)12-5-7-26(22,23)11-12/h1-4,6,8,12H,5,7,9-11H2. The van der Waals surface area contributed by atoms with Gasteiger partial charge in [-0.15, -0.1) is 23.1 Å². The van der Waals surface area contributed by atoms with Gasteiger partial charge >= 0.3 is 0 Å². The Kier molecular flexibility index (Phi) is 5.99. The normalized spacial score (nSPS) is 18.8. The van der Waals surface area contributed by atoms with E-state index in [4.69, 9.17) is 0 Å². The van der Waals surface area contributed by atoms with Gasteiger partial charge in [0.25, 0.3) is 0 Å². The van der Waals surface area contributed by atoms with Crippen molar-refractivity contribution in [1.29, 1.82) is 0 Å². The summed E-state index contributed by atoms with van der Waals surface area (Å²) in [4.78, 5) is 15.8. The van der Waals surface area contributed by atoms with E-state index in [9.17, 15) is 22.0 Å². The average Bonchev–Trinajstić information content (AvgIpc) is 3.22. The number of carbonyl (C=O) groups excluding carboxylic acids is 1. The van der Waals surface area contributed by atoms with E-state index in [0.717, 1.165) is 28.8 Å². The minimum atomic E-state index is -3.12. The predicted octanol–water partition coefficient (Wildman–Crippen LogP) is 3.33. The maximum atomic E-state index is 13.3. The van der Waals surface area contributed by atoms with Crippen LogP contribution in [0.4, 0.5) is 8.78 Å². The van der Waals surface area contributed by atoms with Crippen LogP contribution in [0.15, 0.2) is 40.6 Å². The molecule has 0 radical (unpaired) electrons. The molecular formula is C17H17F2NO3S3. The first-order valence-corrected chi connectivity index (χ1v) is 11.6. The number of amides is 1. The van der Waals surface area contributed by atoms with Gasteiger partial charge in [0, 0.05) is 15.8 Å². The van der Waals surface area contributed by atoms with Crippen LogP contribution < -0.4 is 0 Å². The first-order valence-electron chi connectivity index (χ1n) is 7.94. The number of hydrogen-bond donors (Lipinski definition) is 0. The molecule has 2 heterocycles. The molecule has 0 spiro atoms. The molecule has 1 amide bonds. The van der Waals surface area contributed by atoms with Crippen LogP contribution in [0.5, 0.6) is 0 Å². The lowest BCUT2D eigenvalue weighted by Crippen LogP contribution is -2.41. The van der Waals surface area contributed by atoms with Crippen LogP contribution in [0.25, 0.3) is 0 Å². The first-order chi connectivity index (χ1) is 12.3. The molecule has 1 aromatic heterocycles. The molecule has 0 aliphatic carbocycles. The number of thioether (sulfide) groups is 1. The number of sulfone groups is 1. The Balaban J connectivity index is 1.70. The summed E-state index contributed by atoms with van der Waals surface area (Å²) in [6.07, 6.45) is 0.426. The molecule has 0 bridgehead atoms. The molecule has 0 saturated carbocycles. The van der Waals surface area contributed by atoms with Crippen molar-refractivity contribution < 1.29 is 22.0 Å². The Morgan fingerprint density at radius 2 is 2.08 bits per heavy atom. The zero-order valence-electron chi connectivity index (χ0n) is 13.7. The van der Waals surface area contributed by atoms with Crippen molar-refractivity contribution in [2.45, 2.75) is 23.9 Å². The third-order valence-electron chi connectivity index (χ3n) is 4.13. The van der Waals surface area contributed by atoms with E-state index in [-0.39, 0.29) is 29.2 Å². The van der Waals surface area contributed by atoms with Gasteiger partial charge in [-0.3, -0.25) is 4.79 Å². The lowest BCUT2D eigenvalue weighted by molar-refractivity contribution is -0.130. The Bertz CT molecular complexity index is 885. The number of carbonyl (C=O) groups is 1. The van der Waals surface area contributed by atoms with Crippen LogP contribution in [0.2, 0.25) is 0 Å². The summed E-state index contributed by atoms with van der Waals surface area (Å²) in [6.45, 7) is 0.356. The maximum absolute atomic E-state index is 13.3. The van der Waals surface area contributed by atoms with E-state index in [1.165, 1.54) is 17.4 Å². The van der Waals surface area contributed by atoms with Crippen molar-refractivity contribution in [2.24, 2.45) is 0 Å². The minimum absolute atomic E-state index is 0.0278. The summed E-state index contributed by atoms with van der Waals surface area (Å²) < 4.78 is 49.9. The highest BCUT2D eigenvalue weighted by Crippen LogP contribution is 2.25. The van der Waals surface area contributed by atoms with Gasteiger partial charge in [-0.1, -0.05) is 6.07 Å². The molecule has 1 unspecified atom stereocenters. The smallest absolute Gasteiger partial charge is 0.233 e. The lowest BCUT2D eigenvalue weighted by atomic mass is 10.2. The second-order valence-corrected chi connectivity index (χ2v) is 10.3. The molecule has 0 N–H and O–H groups in total. The average molecular weight is 418 g/mol. The number of hydrogen-bond acceptors (Lipinski definition) is 5. The molecule has 1 atom stereocenters. The van der Waals surface area contributed by atoms with E-state index < -0.39 is 21.5 Å². The zero-order valence-corrected chi connectivity index (χ0v) is 16.2. The molecule has 140 valence electrons. The zero-order chi connectivity index (χ0) is 18.7. The van der Waals surface area contributed by atoms with Gasteiger partial charge in [-0.2, -0.15) is 0 Å². The van der Waals surface area contributed by atoms with E-state index in [1.807, 2.05) is 17.5 Å². The van der Waals surface area contributed by atoms with Crippen LogP contribution in [0, 0.1) is 11.6 Å². The van der Waals surface area contributed by atoms with E-state index >= 15 is 0 Å². The summed E-state index contributed by atoms with van der Waals surface area (Å²) >= 11 is 2.61. The number of thiophene rings is 1. The number of nitrogens with zero attached hydrogens (tertiary/aromatic N) is 1. The van der Waals surface area contributed by atoms with Crippen LogP contribution in [-0.2, 0) is 21.2 Å². The fourth-order valence-corrected chi connectivity index (χ4v) is 6.05. The molecule has 1 fully saturated rings. The molecular weight excluding hydrogens is 400 g/mol. The Morgan fingerprint density at radius 1 is 1.27 bits per heavy atom. The van der Waals surface area contributed by atoms with E-state index in [1.54, 1.807) is 4.90 Å². The van der Waals surface area contributed by atoms with Gasteiger partial charge in [0.15, 0.2) is 21.5 Å². The topological polar surface area (TPSA) is 54.5 Å². The molecule has 3 rings (SSSR count). The Morgan fingerprint density at radius 3 is 2.69 bits per heavy atom. The van der Waals surface area contributed by atoms with Gasteiger partial charge in [0.1, 0.15) is 0 Å². The van der Waals surface area contributed by atoms with Crippen molar-refractivity contribution in [1.82, 2.24) is 4.90 Å². The van der Waals surface area contributed by atoms with Crippen LogP contribution in [-0.4, -0.2) is 42.5 Å². The van der Waals surface area contributed by atoms with Crippen molar-refractivity contribution in [3.05, 3.63) is 52.2 Å². The van der Waals surface area contributed by atoms with Gasteiger partial charge in [0.2, 0.25) is 5.91 Å². The lowest BCUT2D eigenvalue weighted by Gasteiger charge is -2.28. The predicted molar refractivity (Wildman–Crippen MR) is 99.0 cm³/mol. The fourth-order valence-electron chi connectivity index (χ4n) is 2.81. The summed E-state index contributed by atoms with van der Waals surface area (Å²) in [6, 6.07) is 6.92. The number of benzene rings is 1. The van der Waals surface area contributed by atoms with Gasteiger partial charge in [-0.05, 0) is 36.1 Å². The largest absolute Gasteiger partial charge is 0.333 e. The Labute approximate surface area is 159 Å². The monoisotopic (exact) mass is 417 g/mol. The van der Waals surface area contributed by atoms with Crippen molar-refractivity contribution in [2.75, 3.05) is 17.3 Å². The summed E-state index contributed by atoms with van der Waals surface area (Å²) in [5.41, 5.74) is 0. The molecule has 1 saturated heterocycles. The highest BCUT2D eigenvalue weighted by Gasteiger charge is 2.34. The molecule has 1 aliphatic heterocycles. The second-order valence-electron chi connectivity index (χ2n) is 6.02. The van der Waals surface area contributed by atoms with Crippen molar-refractivity contribution in [3.8, 4) is 0 Å². The molecule has 9 heteroatoms.